The smallest absolute Gasteiger partial charge is 0.412 e. The molecule has 21 heavy (non-hydrogen) atoms. The van der Waals surface area contributed by atoms with Gasteiger partial charge in [0.25, 0.3) is 0 Å². The summed E-state index contributed by atoms with van der Waals surface area (Å²) < 4.78 is 15.4. The van der Waals surface area contributed by atoms with Crippen LogP contribution in [-0.4, -0.2) is 37.9 Å². The number of alkyl carbamates (subject to hydrolysis) is 1. The molecule has 1 rings (SSSR count). The third kappa shape index (κ3) is 6.76. The first-order valence-electron chi connectivity index (χ1n) is 6.62. The highest BCUT2D eigenvalue weighted by Crippen LogP contribution is 2.12. The van der Waals surface area contributed by atoms with Crippen LogP contribution in [-0.2, 0) is 9.47 Å². The summed E-state index contributed by atoms with van der Waals surface area (Å²) in [6, 6.07) is 6.87. The van der Waals surface area contributed by atoms with Gasteiger partial charge in [0.1, 0.15) is 18.2 Å². The van der Waals surface area contributed by atoms with E-state index in [1.54, 1.807) is 31.4 Å². The van der Waals surface area contributed by atoms with Crippen LogP contribution in [0.4, 0.5) is 4.79 Å². The van der Waals surface area contributed by atoms with Crippen molar-refractivity contribution in [2.45, 2.75) is 26.4 Å². The van der Waals surface area contributed by atoms with Crippen molar-refractivity contribution in [3.63, 3.8) is 0 Å². The molecule has 116 valence electrons. The van der Waals surface area contributed by atoms with Crippen LogP contribution < -0.4 is 10.1 Å². The van der Waals surface area contributed by atoms with Crippen molar-refractivity contribution in [2.24, 2.45) is 0 Å². The summed E-state index contributed by atoms with van der Waals surface area (Å²) in [5.74, 6) is 0.571. The van der Waals surface area contributed by atoms with E-state index in [4.69, 9.17) is 19.6 Å². The zero-order chi connectivity index (χ0) is 15.9. The van der Waals surface area contributed by atoms with Gasteiger partial charge in [-0.05, 0) is 32.9 Å². The monoisotopic (exact) mass is 294 g/mol. The molecule has 0 aliphatic rings. The molecular weight excluding hydrogens is 272 g/mol. The normalized spacial score (nSPS) is 10.9. The Morgan fingerprint density at radius 2 is 2.00 bits per heavy atom. The van der Waals surface area contributed by atoms with Gasteiger partial charge in [-0.3, -0.25) is 10.7 Å². The predicted molar refractivity (Wildman–Crippen MR) is 80.0 cm³/mol. The molecule has 0 aliphatic carbocycles. The fourth-order valence-corrected chi connectivity index (χ4v) is 1.47. The van der Waals surface area contributed by atoms with E-state index in [-0.39, 0.29) is 18.0 Å². The molecule has 0 bridgehead atoms. The number of ether oxygens (including phenoxy) is 3. The van der Waals surface area contributed by atoms with Crippen molar-refractivity contribution >= 4 is 11.9 Å². The maximum atomic E-state index is 11.5. The van der Waals surface area contributed by atoms with Crippen LogP contribution in [0.15, 0.2) is 24.3 Å². The molecule has 0 saturated heterocycles. The number of amidine groups is 1. The number of benzene rings is 1. The highest BCUT2D eigenvalue weighted by molar-refractivity contribution is 6.04. The molecule has 0 saturated carbocycles. The first-order valence-corrected chi connectivity index (χ1v) is 6.62. The van der Waals surface area contributed by atoms with E-state index in [1.807, 2.05) is 20.8 Å². The first kappa shape index (κ1) is 17.0. The summed E-state index contributed by atoms with van der Waals surface area (Å²) in [7, 11) is 1.54. The van der Waals surface area contributed by atoms with E-state index in [1.165, 1.54) is 0 Å². The quantitative estimate of drug-likeness (QED) is 0.497. The van der Waals surface area contributed by atoms with Gasteiger partial charge in [0.15, 0.2) is 0 Å². The maximum absolute atomic E-state index is 11.5. The SMILES string of the molecule is COc1cccc(C(=N)NC(=O)OCCOC(C)(C)C)c1. The van der Waals surface area contributed by atoms with E-state index >= 15 is 0 Å². The molecule has 1 aromatic carbocycles. The molecule has 0 unspecified atom stereocenters. The molecule has 0 aromatic heterocycles. The van der Waals surface area contributed by atoms with Crippen LogP contribution in [0, 0.1) is 5.41 Å². The van der Waals surface area contributed by atoms with E-state index in [9.17, 15) is 4.79 Å². The molecular formula is C15H22N2O4. The molecule has 0 heterocycles. The number of hydrogen-bond donors (Lipinski definition) is 2. The third-order valence-corrected chi connectivity index (χ3v) is 2.44. The van der Waals surface area contributed by atoms with Gasteiger partial charge in [0.2, 0.25) is 0 Å². The Bertz CT molecular complexity index is 495. The van der Waals surface area contributed by atoms with Crippen molar-refractivity contribution in [2.75, 3.05) is 20.3 Å². The van der Waals surface area contributed by atoms with Crippen LogP contribution in [0.1, 0.15) is 26.3 Å². The van der Waals surface area contributed by atoms with Crippen molar-refractivity contribution in [1.82, 2.24) is 5.32 Å². The Labute approximate surface area is 124 Å². The molecule has 2 N–H and O–H groups in total. The molecule has 0 aliphatic heterocycles. The Balaban J connectivity index is 2.38. The fourth-order valence-electron chi connectivity index (χ4n) is 1.47. The van der Waals surface area contributed by atoms with Gasteiger partial charge >= 0.3 is 6.09 Å². The number of carbonyl (C=O) groups excluding carboxylic acids is 1. The first-order chi connectivity index (χ1) is 9.81. The molecule has 0 fully saturated rings. The summed E-state index contributed by atoms with van der Waals surface area (Å²) in [5, 5.41) is 10.2. The minimum Gasteiger partial charge on any atom is -0.497 e. The Morgan fingerprint density at radius 3 is 2.62 bits per heavy atom. The minimum atomic E-state index is -0.680. The van der Waals surface area contributed by atoms with Crippen molar-refractivity contribution in [3.8, 4) is 5.75 Å². The number of methoxy groups -OCH3 is 1. The lowest BCUT2D eigenvalue weighted by atomic mass is 10.2. The number of hydrogen-bond acceptors (Lipinski definition) is 5. The minimum absolute atomic E-state index is 0.0457. The average molecular weight is 294 g/mol. The number of amides is 1. The van der Waals surface area contributed by atoms with Gasteiger partial charge in [0, 0.05) is 5.56 Å². The van der Waals surface area contributed by atoms with Gasteiger partial charge in [-0.1, -0.05) is 12.1 Å². The largest absolute Gasteiger partial charge is 0.497 e. The molecule has 6 nitrogen and oxygen atoms in total. The van der Waals surface area contributed by atoms with Crippen LogP contribution in [0.3, 0.4) is 0 Å². The second-order valence-corrected chi connectivity index (χ2v) is 5.33. The van der Waals surface area contributed by atoms with Gasteiger partial charge in [-0.25, -0.2) is 4.79 Å². The molecule has 0 radical (unpaired) electrons. The summed E-state index contributed by atoms with van der Waals surface area (Å²) in [5.41, 5.74) is 0.268. The lowest BCUT2D eigenvalue weighted by Gasteiger charge is -2.19. The summed E-state index contributed by atoms with van der Waals surface area (Å²) in [4.78, 5) is 11.5. The van der Waals surface area contributed by atoms with Gasteiger partial charge < -0.3 is 14.2 Å². The van der Waals surface area contributed by atoms with E-state index in [0.29, 0.717) is 17.9 Å². The predicted octanol–water partition coefficient (Wildman–Crippen LogP) is 2.56. The van der Waals surface area contributed by atoms with Crippen LogP contribution >= 0.6 is 0 Å². The lowest BCUT2D eigenvalue weighted by Crippen LogP contribution is -2.32. The molecule has 6 heteroatoms. The summed E-state index contributed by atoms with van der Waals surface area (Å²) in [6.45, 7) is 6.21. The van der Waals surface area contributed by atoms with Gasteiger partial charge in [0.05, 0.1) is 19.3 Å². The van der Waals surface area contributed by atoms with Gasteiger partial charge in [-0.2, -0.15) is 0 Å². The van der Waals surface area contributed by atoms with Crippen molar-refractivity contribution in [1.29, 1.82) is 5.41 Å². The Hall–Kier alpha value is -2.08. The summed E-state index contributed by atoms with van der Waals surface area (Å²) in [6.07, 6.45) is -0.680. The van der Waals surface area contributed by atoms with E-state index in [2.05, 4.69) is 5.32 Å². The standard InChI is InChI=1S/C15H22N2O4/c1-15(2,3)21-9-8-20-14(18)17-13(16)11-6-5-7-12(10-11)19-4/h5-7,10H,8-9H2,1-4H3,(H2,16,17,18). The van der Waals surface area contributed by atoms with Crippen LogP contribution in [0.5, 0.6) is 5.75 Å². The van der Waals surface area contributed by atoms with E-state index in [0.717, 1.165) is 0 Å². The topological polar surface area (TPSA) is 80.6 Å². The summed E-state index contributed by atoms with van der Waals surface area (Å²) >= 11 is 0. The van der Waals surface area contributed by atoms with Crippen molar-refractivity contribution in [3.05, 3.63) is 29.8 Å². The molecule has 1 aromatic rings. The van der Waals surface area contributed by atoms with E-state index < -0.39 is 6.09 Å². The lowest BCUT2D eigenvalue weighted by molar-refractivity contribution is -0.0226. The number of rotatable bonds is 5. The van der Waals surface area contributed by atoms with Crippen molar-refractivity contribution < 1.29 is 19.0 Å². The Kier molecular flexibility index (Phi) is 6.17. The third-order valence-electron chi connectivity index (χ3n) is 2.44. The highest BCUT2D eigenvalue weighted by Gasteiger charge is 2.11. The van der Waals surface area contributed by atoms with Crippen LogP contribution in [0.2, 0.25) is 0 Å². The number of nitrogens with one attached hydrogen (secondary N) is 2. The fraction of sp³-hybridized carbons (Fsp3) is 0.467. The average Bonchev–Trinajstić information content (AvgIpc) is 2.42. The highest BCUT2D eigenvalue weighted by atomic mass is 16.6. The van der Waals surface area contributed by atoms with Gasteiger partial charge in [-0.15, -0.1) is 0 Å². The molecule has 0 spiro atoms. The second kappa shape index (κ2) is 7.64. The maximum Gasteiger partial charge on any atom is 0.412 e. The molecule has 1 amide bonds. The zero-order valence-electron chi connectivity index (χ0n) is 12.9. The Morgan fingerprint density at radius 1 is 1.29 bits per heavy atom. The number of carbonyl (C=O) groups is 1. The molecule has 0 atom stereocenters. The second-order valence-electron chi connectivity index (χ2n) is 5.33. The van der Waals surface area contributed by atoms with Crippen LogP contribution in [0.25, 0.3) is 0 Å². The zero-order valence-corrected chi connectivity index (χ0v) is 12.9.